The maximum absolute atomic E-state index is 4.96. The van der Waals surface area contributed by atoms with Crippen molar-refractivity contribution in [2.24, 2.45) is 5.92 Å². The molecule has 0 atom stereocenters. The van der Waals surface area contributed by atoms with Gasteiger partial charge in [0.15, 0.2) is 0 Å². The van der Waals surface area contributed by atoms with Crippen LogP contribution in [0.15, 0.2) is 0 Å². The van der Waals surface area contributed by atoms with Gasteiger partial charge in [-0.15, -0.1) is 0 Å². The molecule has 0 heterocycles. The summed E-state index contributed by atoms with van der Waals surface area (Å²) in [6, 6.07) is 0. The van der Waals surface area contributed by atoms with E-state index in [1.165, 1.54) is 0 Å². The topological polar surface area (TPSA) is 9.23 Å². The summed E-state index contributed by atoms with van der Waals surface area (Å²) in [7, 11) is 0. The van der Waals surface area contributed by atoms with Gasteiger partial charge in [-0.25, -0.2) is 0 Å². The lowest BCUT2D eigenvalue weighted by Gasteiger charge is -2.00. The Labute approximate surface area is 50.5 Å². The highest BCUT2D eigenvalue weighted by Crippen LogP contribution is 1.91. The molecule has 0 rings (SSSR count). The van der Waals surface area contributed by atoms with Crippen molar-refractivity contribution < 1.29 is 4.74 Å². The van der Waals surface area contributed by atoms with Crippen LogP contribution in [0.3, 0.4) is 0 Å². The minimum Gasteiger partial charge on any atom is -0.371 e. The summed E-state index contributed by atoms with van der Waals surface area (Å²) in [6.45, 7) is 5.05. The molecule has 2 heteroatoms. The summed E-state index contributed by atoms with van der Waals surface area (Å²) < 4.78 is 4.96. The van der Waals surface area contributed by atoms with E-state index >= 15 is 0 Å². The molecule has 1 nitrogen and oxygen atoms in total. The molecular weight excluding hydrogens is 108 g/mol. The van der Waals surface area contributed by atoms with Crippen LogP contribution in [0, 0.1) is 5.92 Å². The van der Waals surface area contributed by atoms with Gasteiger partial charge in [-0.1, -0.05) is 13.8 Å². The molecule has 44 valence electrons. The summed E-state index contributed by atoms with van der Waals surface area (Å²) in [6.07, 6.45) is 0. The lowest BCUT2D eigenvalue weighted by molar-refractivity contribution is 0.154. The molecule has 0 aromatic heterocycles. The van der Waals surface area contributed by atoms with E-state index in [2.05, 4.69) is 26.5 Å². The molecule has 0 saturated heterocycles. The summed E-state index contributed by atoms with van der Waals surface area (Å²) in [5.74, 6) is 1.17. The second-order valence-electron chi connectivity index (χ2n) is 1.89. The molecule has 0 amide bonds. The molecule has 0 aliphatic heterocycles. The zero-order chi connectivity index (χ0) is 5.70. The Bertz CT molecular complexity index is 37.1. The van der Waals surface area contributed by atoms with Crippen molar-refractivity contribution in [3.63, 3.8) is 0 Å². The van der Waals surface area contributed by atoms with Gasteiger partial charge < -0.3 is 4.74 Å². The number of hydrogen-bond donors (Lipinski definition) is 1. The van der Waals surface area contributed by atoms with Crippen molar-refractivity contribution in [3.8, 4) is 0 Å². The summed E-state index contributed by atoms with van der Waals surface area (Å²) in [4.78, 5) is 0. The molecule has 0 aliphatic rings. The van der Waals surface area contributed by atoms with Gasteiger partial charge in [-0.2, -0.15) is 12.6 Å². The first-order chi connectivity index (χ1) is 3.27. The van der Waals surface area contributed by atoms with E-state index in [1.807, 2.05) is 0 Å². The molecule has 0 radical (unpaired) electrons. The fourth-order valence-electron chi connectivity index (χ4n) is 0.288. The molecule has 0 aromatic rings. The van der Waals surface area contributed by atoms with E-state index in [4.69, 9.17) is 4.74 Å². The van der Waals surface area contributed by atoms with Crippen LogP contribution in [-0.4, -0.2) is 12.5 Å². The maximum Gasteiger partial charge on any atom is 0.0892 e. The predicted molar refractivity (Wildman–Crippen MR) is 34.6 cm³/mol. The Morgan fingerprint density at radius 1 is 1.57 bits per heavy atom. The third-order valence-corrected chi connectivity index (χ3v) is 0.725. The van der Waals surface area contributed by atoms with Gasteiger partial charge >= 0.3 is 0 Å². The molecule has 7 heavy (non-hydrogen) atoms. The van der Waals surface area contributed by atoms with E-state index in [9.17, 15) is 0 Å². The second kappa shape index (κ2) is 4.47. The molecule has 0 fully saturated rings. The molecule has 0 bridgehead atoms. The van der Waals surface area contributed by atoms with Crippen LogP contribution in [-0.2, 0) is 4.74 Å². The van der Waals surface area contributed by atoms with Gasteiger partial charge in [0.1, 0.15) is 0 Å². The fourth-order valence-corrected chi connectivity index (χ4v) is 0.394. The average molecular weight is 120 g/mol. The Hall–Kier alpha value is 0.310. The second-order valence-corrected chi connectivity index (χ2v) is 2.15. The van der Waals surface area contributed by atoms with E-state index in [1.54, 1.807) is 0 Å². The third kappa shape index (κ3) is 6.31. The first kappa shape index (κ1) is 7.31. The summed E-state index contributed by atoms with van der Waals surface area (Å²) in [5, 5.41) is 0. The Morgan fingerprint density at radius 3 is 2.29 bits per heavy atom. The summed E-state index contributed by atoms with van der Waals surface area (Å²) in [5.41, 5.74) is 0. The van der Waals surface area contributed by atoms with Crippen molar-refractivity contribution in [2.45, 2.75) is 13.8 Å². The maximum atomic E-state index is 4.96. The average Bonchev–Trinajstić information content (AvgIpc) is 1.61. The van der Waals surface area contributed by atoms with Crippen LogP contribution in [0.25, 0.3) is 0 Å². The lowest BCUT2D eigenvalue weighted by Crippen LogP contribution is -1.99. The minimum atomic E-state index is 0.540. The van der Waals surface area contributed by atoms with E-state index in [0.29, 0.717) is 11.9 Å². The van der Waals surface area contributed by atoms with Crippen molar-refractivity contribution in [3.05, 3.63) is 0 Å². The molecule has 0 saturated carbocycles. The highest BCUT2D eigenvalue weighted by atomic mass is 32.1. The van der Waals surface area contributed by atoms with Gasteiger partial charge in [0.05, 0.1) is 5.94 Å². The molecule has 0 unspecified atom stereocenters. The number of hydrogen-bond acceptors (Lipinski definition) is 2. The number of ether oxygens (including phenoxy) is 1. The van der Waals surface area contributed by atoms with Crippen LogP contribution in [0.1, 0.15) is 13.8 Å². The van der Waals surface area contributed by atoms with Crippen molar-refractivity contribution in [2.75, 3.05) is 12.5 Å². The van der Waals surface area contributed by atoms with Crippen molar-refractivity contribution in [1.82, 2.24) is 0 Å². The summed E-state index contributed by atoms with van der Waals surface area (Å²) >= 11 is 3.87. The van der Waals surface area contributed by atoms with E-state index in [0.717, 1.165) is 6.61 Å². The Morgan fingerprint density at radius 2 is 2.14 bits per heavy atom. The molecule has 0 spiro atoms. The first-order valence-corrected chi connectivity index (χ1v) is 3.09. The smallest absolute Gasteiger partial charge is 0.0892 e. The molecule has 0 aromatic carbocycles. The highest BCUT2D eigenvalue weighted by molar-refractivity contribution is 7.80. The zero-order valence-electron chi connectivity index (χ0n) is 4.85. The normalized spacial score (nSPS) is 10.3. The van der Waals surface area contributed by atoms with Gasteiger partial charge in [0.2, 0.25) is 0 Å². The van der Waals surface area contributed by atoms with Gasteiger partial charge in [-0.3, -0.25) is 0 Å². The lowest BCUT2D eigenvalue weighted by atomic mass is 10.2. The molecule has 0 N–H and O–H groups in total. The predicted octanol–water partition coefficient (Wildman–Crippen LogP) is 1.55. The zero-order valence-corrected chi connectivity index (χ0v) is 5.74. The number of rotatable bonds is 3. The minimum absolute atomic E-state index is 0.540. The van der Waals surface area contributed by atoms with E-state index < -0.39 is 0 Å². The van der Waals surface area contributed by atoms with E-state index in [-0.39, 0.29) is 0 Å². The Balaban J connectivity index is 2.68. The number of thiol groups is 1. The van der Waals surface area contributed by atoms with Crippen LogP contribution >= 0.6 is 12.6 Å². The fraction of sp³-hybridized carbons (Fsp3) is 1.00. The third-order valence-electron chi connectivity index (χ3n) is 0.542. The highest BCUT2D eigenvalue weighted by Gasteiger charge is 1.88. The van der Waals surface area contributed by atoms with Crippen LogP contribution in [0.5, 0.6) is 0 Å². The van der Waals surface area contributed by atoms with Crippen LogP contribution in [0.2, 0.25) is 0 Å². The van der Waals surface area contributed by atoms with Crippen molar-refractivity contribution >= 4 is 12.6 Å². The largest absolute Gasteiger partial charge is 0.371 e. The molecule has 0 aliphatic carbocycles. The molecular formula is C5H12OS. The van der Waals surface area contributed by atoms with Gasteiger partial charge in [0, 0.05) is 6.61 Å². The van der Waals surface area contributed by atoms with Gasteiger partial charge in [-0.05, 0) is 5.92 Å². The van der Waals surface area contributed by atoms with Crippen molar-refractivity contribution in [1.29, 1.82) is 0 Å². The Kier molecular flexibility index (Phi) is 4.67. The quantitative estimate of drug-likeness (QED) is 0.439. The van der Waals surface area contributed by atoms with Crippen LogP contribution in [0.4, 0.5) is 0 Å². The SMILES string of the molecule is CC(C)COCS. The monoisotopic (exact) mass is 120 g/mol. The standard InChI is InChI=1S/C5H12OS/c1-5(2)3-6-4-7/h5,7H,3-4H2,1-2H3. The van der Waals surface area contributed by atoms with Gasteiger partial charge in [0.25, 0.3) is 0 Å². The first-order valence-electron chi connectivity index (χ1n) is 2.46. The van der Waals surface area contributed by atoms with Crippen LogP contribution < -0.4 is 0 Å².